The molecule has 0 spiro atoms. The Bertz CT molecular complexity index is 1210. The zero-order valence-corrected chi connectivity index (χ0v) is 23.9. The average molecular weight is 558 g/mol. The predicted octanol–water partition coefficient (Wildman–Crippen LogP) is 5.00. The molecule has 1 radical (unpaired) electrons. The number of ether oxygens (including phenoxy) is 2. The Hall–Kier alpha value is -3.72. The number of aryl methyl sites for hydroxylation is 1. The molecule has 8 nitrogen and oxygen atoms in total. The number of methoxy groups -OCH3 is 1. The van der Waals surface area contributed by atoms with E-state index in [1.165, 1.54) is 5.56 Å². The lowest BCUT2D eigenvalue weighted by molar-refractivity contribution is -0.121. The number of para-hydroxylation sites is 1. The highest BCUT2D eigenvalue weighted by Crippen LogP contribution is 2.33. The van der Waals surface area contributed by atoms with Crippen molar-refractivity contribution in [3.8, 4) is 11.1 Å². The number of carbonyl (C=O) groups excluding carboxylic acids is 2. The second-order valence-corrected chi connectivity index (χ2v) is 9.97. The van der Waals surface area contributed by atoms with Crippen molar-refractivity contribution in [1.29, 1.82) is 0 Å². The van der Waals surface area contributed by atoms with Gasteiger partial charge in [0.05, 0.1) is 18.8 Å². The van der Waals surface area contributed by atoms with Gasteiger partial charge in [0.2, 0.25) is 5.91 Å². The molecule has 3 aromatic carbocycles. The Balaban J connectivity index is 1.27. The van der Waals surface area contributed by atoms with E-state index in [0.29, 0.717) is 19.4 Å². The quantitative estimate of drug-likeness (QED) is 0.272. The van der Waals surface area contributed by atoms with Crippen LogP contribution < -0.4 is 15.6 Å². The Morgan fingerprint density at radius 2 is 1.56 bits per heavy atom. The van der Waals surface area contributed by atoms with Crippen LogP contribution in [-0.2, 0) is 27.2 Å². The molecule has 0 saturated carbocycles. The molecule has 0 aliphatic carbocycles. The van der Waals surface area contributed by atoms with Crippen molar-refractivity contribution in [1.82, 2.24) is 15.6 Å². The number of carbonyl (C=O) groups is 2. The van der Waals surface area contributed by atoms with Gasteiger partial charge in [0, 0.05) is 45.3 Å². The second-order valence-electron chi connectivity index (χ2n) is 9.97. The monoisotopic (exact) mass is 557 g/mol. The highest BCUT2D eigenvalue weighted by Gasteiger charge is 2.28. The predicted molar refractivity (Wildman–Crippen MR) is 162 cm³/mol. The molecule has 0 aromatic heterocycles. The number of piperidine rings is 1. The maximum Gasteiger partial charge on any atom is 0.429 e. The van der Waals surface area contributed by atoms with Gasteiger partial charge in [0.25, 0.3) is 0 Å². The maximum absolute atomic E-state index is 13.4. The molecule has 2 N–H and O–H groups in total. The fraction of sp³-hybridized carbons (Fsp3) is 0.364. The third-order valence-electron chi connectivity index (χ3n) is 6.98. The standard InChI is InChI=1S/C33H41N4O4/c1-40-24-20-34-26-28-16-14-27(15-17-28)18-19-32(38)35-21-25-41-33(39)37(36-22-8-3-9-23-36)31-13-7-6-12-30(31)29-10-4-2-5-11-29/h2-7,10-17,34H,8-9,18-26H2,1H3,(H,35,38). The van der Waals surface area contributed by atoms with Crippen molar-refractivity contribution < 1.29 is 19.1 Å². The molecule has 1 aliphatic heterocycles. The lowest BCUT2D eigenvalue weighted by Gasteiger charge is -2.37. The van der Waals surface area contributed by atoms with E-state index in [9.17, 15) is 9.59 Å². The molecule has 8 heteroatoms. The van der Waals surface area contributed by atoms with Crippen LogP contribution in [0.1, 0.15) is 30.4 Å². The summed E-state index contributed by atoms with van der Waals surface area (Å²) in [5.74, 6) is -0.0656. The van der Waals surface area contributed by atoms with E-state index >= 15 is 0 Å². The first-order valence-corrected chi connectivity index (χ1v) is 14.4. The SMILES string of the molecule is COCCNCc1ccc(CCC(=O)NCCOC(=O)N(c2ccccc2-c2ccccc2)N2CC[CH]CC2)cc1. The van der Waals surface area contributed by atoms with Gasteiger partial charge in [0.15, 0.2) is 0 Å². The molecule has 1 aliphatic rings. The molecule has 0 unspecified atom stereocenters. The van der Waals surface area contributed by atoms with Crippen molar-refractivity contribution in [2.45, 2.75) is 32.2 Å². The van der Waals surface area contributed by atoms with E-state index in [0.717, 1.165) is 61.4 Å². The number of amides is 2. The molecule has 1 fully saturated rings. The van der Waals surface area contributed by atoms with Gasteiger partial charge in [-0.15, -0.1) is 0 Å². The van der Waals surface area contributed by atoms with Gasteiger partial charge in [0.1, 0.15) is 6.61 Å². The number of nitrogens with zero attached hydrogens (tertiary/aromatic N) is 2. The van der Waals surface area contributed by atoms with Crippen LogP contribution in [0.3, 0.4) is 0 Å². The van der Waals surface area contributed by atoms with Crippen molar-refractivity contribution >= 4 is 17.7 Å². The van der Waals surface area contributed by atoms with Gasteiger partial charge in [-0.1, -0.05) is 72.8 Å². The van der Waals surface area contributed by atoms with Gasteiger partial charge in [-0.25, -0.2) is 14.8 Å². The van der Waals surface area contributed by atoms with E-state index in [1.807, 2.05) is 59.6 Å². The molecule has 217 valence electrons. The van der Waals surface area contributed by atoms with Crippen LogP contribution >= 0.6 is 0 Å². The summed E-state index contributed by atoms with van der Waals surface area (Å²) in [6.45, 7) is 4.11. The Labute approximate surface area is 243 Å². The van der Waals surface area contributed by atoms with Crippen LogP contribution in [0, 0.1) is 6.42 Å². The number of nitrogens with one attached hydrogen (secondary N) is 2. The zero-order valence-electron chi connectivity index (χ0n) is 23.9. The van der Waals surface area contributed by atoms with Crippen LogP contribution in [0.25, 0.3) is 11.1 Å². The molecule has 3 aromatic rings. The third-order valence-corrected chi connectivity index (χ3v) is 6.98. The second kappa shape index (κ2) is 16.5. The summed E-state index contributed by atoms with van der Waals surface area (Å²) in [5, 5.41) is 9.91. The van der Waals surface area contributed by atoms with Gasteiger partial charge in [-0.2, -0.15) is 0 Å². The van der Waals surface area contributed by atoms with Crippen molar-refractivity contribution in [3.05, 3.63) is 96.4 Å². The van der Waals surface area contributed by atoms with Crippen LogP contribution in [-0.4, -0.2) is 63.5 Å². The van der Waals surface area contributed by atoms with Gasteiger partial charge in [-0.3, -0.25) is 4.79 Å². The van der Waals surface area contributed by atoms with Crippen LogP contribution in [0.15, 0.2) is 78.9 Å². The summed E-state index contributed by atoms with van der Waals surface area (Å²) in [6, 6.07) is 26.2. The highest BCUT2D eigenvalue weighted by atomic mass is 16.6. The molecule has 2 amide bonds. The number of hydrogen-bond donors (Lipinski definition) is 2. The summed E-state index contributed by atoms with van der Waals surface area (Å²) >= 11 is 0. The molecule has 0 atom stereocenters. The van der Waals surface area contributed by atoms with Gasteiger partial charge in [-0.05, 0) is 48.4 Å². The van der Waals surface area contributed by atoms with Crippen LogP contribution in [0.2, 0.25) is 0 Å². The fourth-order valence-corrected chi connectivity index (χ4v) is 4.79. The molecule has 4 rings (SSSR count). The molecule has 41 heavy (non-hydrogen) atoms. The topological polar surface area (TPSA) is 83.1 Å². The first-order valence-electron chi connectivity index (χ1n) is 14.4. The van der Waals surface area contributed by atoms with E-state index in [1.54, 1.807) is 12.1 Å². The average Bonchev–Trinajstić information content (AvgIpc) is 3.02. The summed E-state index contributed by atoms with van der Waals surface area (Å²) in [6.07, 6.45) is 4.64. The van der Waals surface area contributed by atoms with Crippen molar-refractivity contribution in [2.75, 3.05) is 51.5 Å². The summed E-state index contributed by atoms with van der Waals surface area (Å²) < 4.78 is 10.7. The normalized spacial score (nSPS) is 13.5. The first kappa shape index (κ1) is 30.2. The summed E-state index contributed by atoms with van der Waals surface area (Å²) in [5.41, 5.74) is 5.08. The van der Waals surface area contributed by atoms with E-state index in [2.05, 4.69) is 41.3 Å². The number of benzene rings is 3. The van der Waals surface area contributed by atoms with Crippen molar-refractivity contribution in [3.63, 3.8) is 0 Å². The van der Waals surface area contributed by atoms with Crippen molar-refractivity contribution in [2.24, 2.45) is 0 Å². The Kier molecular flexibility index (Phi) is 12.2. The number of rotatable bonds is 14. The zero-order chi connectivity index (χ0) is 28.7. The Morgan fingerprint density at radius 1 is 0.854 bits per heavy atom. The molecular weight excluding hydrogens is 516 g/mol. The highest BCUT2D eigenvalue weighted by molar-refractivity contribution is 5.93. The lowest BCUT2D eigenvalue weighted by atomic mass is 10.0. The van der Waals surface area contributed by atoms with Crippen LogP contribution in [0.4, 0.5) is 10.5 Å². The van der Waals surface area contributed by atoms with E-state index in [4.69, 9.17) is 9.47 Å². The molecule has 1 saturated heterocycles. The minimum atomic E-state index is -0.443. The maximum atomic E-state index is 13.4. The minimum absolute atomic E-state index is 0.0656. The first-order chi connectivity index (χ1) is 20.2. The lowest BCUT2D eigenvalue weighted by Crippen LogP contribution is -2.50. The number of anilines is 1. The minimum Gasteiger partial charge on any atom is -0.446 e. The van der Waals surface area contributed by atoms with Gasteiger partial charge < -0.3 is 20.1 Å². The van der Waals surface area contributed by atoms with Crippen LogP contribution in [0.5, 0.6) is 0 Å². The number of hydrazine groups is 1. The number of hydrogen-bond acceptors (Lipinski definition) is 6. The fourth-order valence-electron chi connectivity index (χ4n) is 4.79. The Morgan fingerprint density at radius 3 is 2.32 bits per heavy atom. The molecular formula is C33H41N4O4. The molecule has 0 bridgehead atoms. The molecule has 1 heterocycles. The largest absolute Gasteiger partial charge is 0.446 e. The summed E-state index contributed by atoms with van der Waals surface area (Å²) in [4.78, 5) is 25.9. The smallest absolute Gasteiger partial charge is 0.429 e. The van der Waals surface area contributed by atoms with Gasteiger partial charge >= 0.3 is 6.09 Å². The summed E-state index contributed by atoms with van der Waals surface area (Å²) in [7, 11) is 1.69. The van der Waals surface area contributed by atoms with E-state index in [-0.39, 0.29) is 19.1 Å². The van der Waals surface area contributed by atoms with E-state index < -0.39 is 6.09 Å². The third kappa shape index (κ3) is 9.42.